The molecule has 0 fully saturated rings. The maximum absolute atomic E-state index is 11.6. The number of rotatable bonds is 4. The van der Waals surface area contributed by atoms with Crippen molar-refractivity contribution in [3.63, 3.8) is 0 Å². The third kappa shape index (κ3) is 5.51. The number of nitrogens with one attached hydrogen (secondary N) is 1. The van der Waals surface area contributed by atoms with Crippen LogP contribution in [0.15, 0.2) is 48.5 Å². The van der Waals surface area contributed by atoms with Crippen molar-refractivity contribution in [2.24, 2.45) is 0 Å². The summed E-state index contributed by atoms with van der Waals surface area (Å²) < 4.78 is 5.10. The Hall–Kier alpha value is -3.24. The SMILES string of the molecule is Cc1ccc(C#CCCNC(=O)OCc2ccccc2)cc1C#N. The van der Waals surface area contributed by atoms with Crippen molar-refractivity contribution in [1.29, 1.82) is 5.26 Å². The monoisotopic (exact) mass is 318 g/mol. The highest BCUT2D eigenvalue weighted by Crippen LogP contribution is 2.08. The highest BCUT2D eigenvalue weighted by molar-refractivity contribution is 5.67. The first kappa shape index (κ1) is 17.1. The van der Waals surface area contributed by atoms with Gasteiger partial charge >= 0.3 is 6.09 Å². The van der Waals surface area contributed by atoms with Gasteiger partial charge in [-0.1, -0.05) is 48.2 Å². The van der Waals surface area contributed by atoms with Gasteiger partial charge in [-0.2, -0.15) is 5.26 Å². The molecule has 1 amide bonds. The maximum Gasteiger partial charge on any atom is 0.407 e. The first-order valence-electron chi connectivity index (χ1n) is 7.63. The summed E-state index contributed by atoms with van der Waals surface area (Å²) in [6, 6.07) is 17.2. The van der Waals surface area contributed by atoms with Crippen LogP contribution in [0.3, 0.4) is 0 Å². The lowest BCUT2D eigenvalue weighted by molar-refractivity contribution is 0.140. The minimum Gasteiger partial charge on any atom is -0.445 e. The molecule has 2 aromatic rings. The number of ether oxygens (including phenoxy) is 1. The van der Waals surface area contributed by atoms with Gasteiger partial charge in [0.15, 0.2) is 0 Å². The molecule has 4 nitrogen and oxygen atoms in total. The van der Waals surface area contributed by atoms with Gasteiger partial charge in [-0.15, -0.1) is 0 Å². The van der Waals surface area contributed by atoms with Gasteiger partial charge in [0.25, 0.3) is 0 Å². The molecule has 4 heteroatoms. The Labute approximate surface area is 142 Å². The molecular formula is C20H18N2O2. The van der Waals surface area contributed by atoms with Crippen LogP contribution in [0.2, 0.25) is 0 Å². The van der Waals surface area contributed by atoms with E-state index in [0.717, 1.165) is 16.7 Å². The first-order chi connectivity index (χ1) is 11.7. The van der Waals surface area contributed by atoms with E-state index in [-0.39, 0.29) is 6.61 Å². The zero-order valence-corrected chi connectivity index (χ0v) is 13.5. The summed E-state index contributed by atoms with van der Waals surface area (Å²) in [6.45, 7) is 2.55. The fourth-order valence-electron chi connectivity index (χ4n) is 1.99. The van der Waals surface area contributed by atoms with Crippen molar-refractivity contribution >= 4 is 6.09 Å². The second kappa shape index (κ2) is 9.02. The lowest BCUT2D eigenvalue weighted by Gasteiger charge is -2.05. The van der Waals surface area contributed by atoms with Gasteiger partial charge in [0.1, 0.15) is 6.61 Å². The quantitative estimate of drug-likeness (QED) is 0.693. The van der Waals surface area contributed by atoms with E-state index in [1.54, 1.807) is 6.07 Å². The number of carbonyl (C=O) groups is 1. The summed E-state index contributed by atoms with van der Waals surface area (Å²) in [7, 11) is 0. The number of alkyl carbamates (subject to hydrolysis) is 1. The fourth-order valence-corrected chi connectivity index (χ4v) is 1.99. The Morgan fingerprint density at radius 3 is 2.75 bits per heavy atom. The van der Waals surface area contributed by atoms with Gasteiger partial charge in [-0.25, -0.2) is 4.79 Å². The molecule has 0 aliphatic rings. The predicted octanol–water partition coefficient (Wildman–Crippen LogP) is 3.53. The summed E-state index contributed by atoms with van der Waals surface area (Å²) in [5, 5.41) is 11.6. The third-order valence-corrected chi connectivity index (χ3v) is 3.32. The lowest BCUT2D eigenvalue weighted by Crippen LogP contribution is -2.24. The molecule has 0 bridgehead atoms. The first-order valence-corrected chi connectivity index (χ1v) is 7.63. The summed E-state index contributed by atoms with van der Waals surface area (Å²) in [4.78, 5) is 11.6. The van der Waals surface area contributed by atoms with Crippen molar-refractivity contribution < 1.29 is 9.53 Å². The number of nitriles is 1. The van der Waals surface area contributed by atoms with Crippen molar-refractivity contribution in [3.8, 4) is 17.9 Å². The van der Waals surface area contributed by atoms with E-state index >= 15 is 0 Å². The molecule has 2 aromatic carbocycles. The van der Waals surface area contributed by atoms with Gasteiger partial charge < -0.3 is 10.1 Å². The van der Waals surface area contributed by atoms with Crippen LogP contribution < -0.4 is 5.32 Å². The van der Waals surface area contributed by atoms with Crippen LogP contribution in [-0.2, 0) is 11.3 Å². The normalized spacial score (nSPS) is 9.33. The molecule has 0 unspecified atom stereocenters. The lowest BCUT2D eigenvalue weighted by atomic mass is 10.1. The average Bonchev–Trinajstić information content (AvgIpc) is 2.62. The number of benzene rings is 2. The van der Waals surface area contributed by atoms with Gasteiger partial charge in [0.05, 0.1) is 11.6 Å². The predicted molar refractivity (Wildman–Crippen MR) is 92.0 cm³/mol. The highest BCUT2D eigenvalue weighted by Gasteiger charge is 2.01. The van der Waals surface area contributed by atoms with Crippen LogP contribution in [0.4, 0.5) is 4.79 Å². The molecular weight excluding hydrogens is 300 g/mol. The van der Waals surface area contributed by atoms with Crippen molar-refractivity contribution in [2.75, 3.05) is 6.54 Å². The van der Waals surface area contributed by atoms with E-state index in [4.69, 9.17) is 10.00 Å². The molecule has 0 spiro atoms. The van der Waals surface area contributed by atoms with Crippen molar-refractivity contribution in [2.45, 2.75) is 20.0 Å². The Kier molecular flexibility index (Phi) is 6.44. The molecule has 1 N–H and O–H groups in total. The molecule has 0 saturated carbocycles. The van der Waals surface area contributed by atoms with Gasteiger partial charge in [0, 0.05) is 18.5 Å². The van der Waals surface area contributed by atoms with Crippen molar-refractivity contribution in [1.82, 2.24) is 5.32 Å². The average molecular weight is 318 g/mol. The van der Waals surface area contributed by atoms with E-state index in [2.05, 4.69) is 23.2 Å². The number of amides is 1. The summed E-state index contributed by atoms with van der Waals surface area (Å²) in [5.74, 6) is 5.96. The molecule has 2 rings (SSSR count). The zero-order chi connectivity index (χ0) is 17.2. The molecule has 0 heterocycles. The minimum atomic E-state index is -0.456. The van der Waals surface area contributed by atoms with Crippen LogP contribution >= 0.6 is 0 Å². The maximum atomic E-state index is 11.6. The van der Waals surface area contributed by atoms with Crippen LogP contribution in [0.5, 0.6) is 0 Å². The van der Waals surface area contributed by atoms with Gasteiger partial charge in [-0.05, 0) is 30.2 Å². The molecule has 0 aromatic heterocycles. The van der Waals surface area contributed by atoms with Crippen LogP contribution in [0, 0.1) is 30.1 Å². The molecule has 0 aliphatic carbocycles. The summed E-state index contributed by atoms with van der Waals surface area (Å²) >= 11 is 0. The highest BCUT2D eigenvalue weighted by atomic mass is 16.5. The van der Waals surface area contributed by atoms with E-state index in [1.165, 1.54) is 0 Å². The van der Waals surface area contributed by atoms with Crippen molar-refractivity contribution in [3.05, 3.63) is 70.8 Å². The number of hydrogen-bond donors (Lipinski definition) is 1. The second-order valence-corrected chi connectivity index (χ2v) is 5.18. The van der Waals surface area contributed by atoms with Gasteiger partial charge in [-0.3, -0.25) is 0 Å². The minimum absolute atomic E-state index is 0.249. The topological polar surface area (TPSA) is 62.1 Å². The standard InChI is InChI=1S/C20H18N2O2/c1-16-10-11-17(13-19(16)14-21)7-5-6-12-22-20(23)24-15-18-8-3-2-4-9-18/h2-4,8-11,13H,6,12,15H2,1H3,(H,22,23). The molecule has 120 valence electrons. The Bertz CT molecular complexity index is 796. The van der Waals surface area contributed by atoms with Crippen LogP contribution in [0.25, 0.3) is 0 Å². The van der Waals surface area contributed by atoms with E-state index in [0.29, 0.717) is 18.5 Å². The smallest absolute Gasteiger partial charge is 0.407 e. The van der Waals surface area contributed by atoms with E-state index in [1.807, 2.05) is 49.4 Å². The van der Waals surface area contributed by atoms with Crippen LogP contribution in [0.1, 0.15) is 28.7 Å². The number of nitrogens with zero attached hydrogens (tertiary/aromatic N) is 1. The largest absolute Gasteiger partial charge is 0.445 e. The summed E-state index contributed by atoms with van der Waals surface area (Å²) in [6.07, 6.45) is 0.0543. The molecule has 24 heavy (non-hydrogen) atoms. The fraction of sp³-hybridized carbons (Fsp3) is 0.200. The Balaban J connectivity index is 1.71. The Morgan fingerprint density at radius 1 is 1.21 bits per heavy atom. The molecule has 0 atom stereocenters. The number of hydrogen-bond acceptors (Lipinski definition) is 3. The summed E-state index contributed by atoms with van der Waals surface area (Å²) in [5.41, 5.74) is 3.30. The number of aryl methyl sites for hydroxylation is 1. The second-order valence-electron chi connectivity index (χ2n) is 5.18. The Morgan fingerprint density at radius 2 is 2.00 bits per heavy atom. The van der Waals surface area contributed by atoms with Gasteiger partial charge in [0.2, 0.25) is 0 Å². The third-order valence-electron chi connectivity index (χ3n) is 3.32. The number of carbonyl (C=O) groups excluding carboxylic acids is 1. The molecule has 0 saturated heterocycles. The van der Waals surface area contributed by atoms with E-state index in [9.17, 15) is 4.79 Å². The molecule has 0 radical (unpaired) electrons. The van der Waals surface area contributed by atoms with E-state index < -0.39 is 6.09 Å². The zero-order valence-electron chi connectivity index (χ0n) is 13.5. The molecule has 0 aliphatic heterocycles. The van der Waals surface area contributed by atoms with Crippen LogP contribution in [-0.4, -0.2) is 12.6 Å².